The highest BCUT2D eigenvalue weighted by atomic mass is 79.9. The Morgan fingerprint density at radius 1 is 1.32 bits per heavy atom. The van der Waals surface area contributed by atoms with Crippen LogP contribution in [0, 0.1) is 0 Å². The fourth-order valence-electron chi connectivity index (χ4n) is 1.42. The van der Waals surface area contributed by atoms with E-state index in [2.05, 4.69) is 41.9 Å². The van der Waals surface area contributed by atoms with Crippen molar-refractivity contribution in [1.29, 1.82) is 0 Å². The lowest BCUT2D eigenvalue weighted by Gasteiger charge is -2.03. The van der Waals surface area contributed by atoms with Gasteiger partial charge in [-0.2, -0.15) is 0 Å². The average Bonchev–Trinajstić information content (AvgIpc) is 2.73. The summed E-state index contributed by atoms with van der Waals surface area (Å²) in [6.07, 6.45) is 2.98. The Balaban J connectivity index is 2.16. The highest BCUT2D eigenvalue weighted by Crippen LogP contribution is 2.32. The standard InChI is InChI=1S/C12H15Br2NO3S/c1-18-10(16)5-3-2-4-6-15-12(17)9-7-8(13)11(14)19-9/h7H,2-6H2,1H3,(H,15,17). The summed E-state index contributed by atoms with van der Waals surface area (Å²) in [5.41, 5.74) is 0. The molecule has 7 heteroatoms. The molecule has 0 aliphatic heterocycles. The zero-order valence-electron chi connectivity index (χ0n) is 10.5. The number of methoxy groups -OCH3 is 1. The molecule has 0 bridgehead atoms. The molecule has 19 heavy (non-hydrogen) atoms. The van der Waals surface area contributed by atoms with E-state index in [1.54, 1.807) is 6.07 Å². The second-order valence-electron chi connectivity index (χ2n) is 3.87. The molecule has 0 atom stereocenters. The monoisotopic (exact) mass is 411 g/mol. The third-order valence-corrected chi connectivity index (χ3v) is 5.69. The van der Waals surface area contributed by atoms with E-state index in [9.17, 15) is 9.59 Å². The summed E-state index contributed by atoms with van der Waals surface area (Å²) >= 11 is 8.10. The molecule has 4 nitrogen and oxygen atoms in total. The Kier molecular flexibility index (Phi) is 7.63. The molecular weight excluding hydrogens is 398 g/mol. The first-order valence-corrected chi connectivity index (χ1v) is 8.24. The molecule has 0 fully saturated rings. The van der Waals surface area contributed by atoms with E-state index in [4.69, 9.17) is 0 Å². The van der Waals surface area contributed by atoms with Gasteiger partial charge in [0.05, 0.1) is 15.8 Å². The summed E-state index contributed by atoms with van der Waals surface area (Å²) in [7, 11) is 1.39. The summed E-state index contributed by atoms with van der Waals surface area (Å²) in [5.74, 6) is -0.248. The minimum atomic E-state index is -0.183. The molecule has 1 heterocycles. The Morgan fingerprint density at radius 2 is 2.05 bits per heavy atom. The maximum Gasteiger partial charge on any atom is 0.305 e. The SMILES string of the molecule is COC(=O)CCCCCNC(=O)c1cc(Br)c(Br)s1. The van der Waals surface area contributed by atoms with Gasteiger partial charge in [-0.3, -0.25) is 9.59 Å². The van der Waals surface area contributed by atoms with Gasteiger partial charge in [-0.1, -0.05) is 6.42 Å². The predicted octanol–water partition coefficient (Wildman–Crippen LogP) is 3.74. The van der Waals surface area contributed by atoms with Crippen LogP contribution in [-0.4, -0.2) is 25.5 Å². The normalized spacial score (nSPS) is 10.3. The molecule has 0 saturated carbocycles. The maximum absolute atomic E-state index is 11.8. The maximum atomic E-state index is 11.8. The zero-order chi connectivity index (χ0) is 14.3. The quantitative estimate of drug-likeness (QED) is 0.548. The fraction of sp³-hybridized carbons (Fsp3) is 0.500. The smallest absolute Gasteiger partial charge is 0.305 e. The van der Waals surface area contributed by atoms with Crippen molar-refractivity contribution in [2.75, 3.05) is 13.7 Å². The summed E-state index contributed by atoms with van der Waals surface area (Å²) in [5, 5.41) is 2.86. The lowest BCUT2D eigenvalue weighted by molar-refractivity contribution is -0.140. The largest absolute Gasteiger partial charge is 0.469 e. The second-order valence-corrected chi connectivity index (χ2v) is 7.10. The van der Waals surface area contributed by atoms with Crippen molar-refractivity contribution in [1.82, 2.24) is 5.32 Å². The van der Waals surface area contributed by atoms with E-state index in [1.807, 2.05) is 0 Å². The van der Waals surface area contributed by atoms with Gasteiger partial charge in [-0.15, -0.1) is 11.3 Å². The Labute approximate surface area is 133 Å². The van der Waals surface area contributed by atoms with Gasteiger partial charge in [0.1, 0.15) is 0 Å². The van der Waals surface area contributed by atoms with Crippen LogP contribution in [0.3, 0.4) is 0 Å². The first-order chi connectivity index (χ1) is 9.04. The summed E-state index contributed by atoms with van der Waals surface area (Å²) in [4.78, 5) is 23.3. The van der Waals surface area contributed by atoms with Gasteiger partial charge in [-0.25, -0.2) is 0 Å². The van der Waals surface area contributed by atoms with Crippen LogP contribution in [0.15, 0.2) is 14.3 Å². The molecule has 0 aliphatic rings. The molecule has 1 aromatic rings. The average molecular weight is 413 g/mol. The highest BCUT2D eigenvalue weighted by molar-refractivity contribution is 9.13. The number of amides is 1. The van der Waals surface area contributed by atoms with E-state index in [0.29, 0.717) is 17.8 Å². The van der Waals surface area contributed by atoms with E-state index in [1.165, 1.54) is 18.4 Å². The fourth-order valence-corrected chi connectivity index (χ4v) is 3.37. The number of rotatable bonds is 7. The molecule has 1 amide bonds. The van der Waals surface area contributed by atoms with Crippen LogP contribution < -0.4 is 5.32 Å². The van der Waals surface area contributed by atoms with Crippen molar-refractivity contribution in [2.45, 2.75) is 25.7 Å². The third-order valence-electron chi connectivity index (χ3n) is 2.44. The molecular formula is C12H15Br2NO3S. The number of unbranched alkanes of at least 4 members (excludes halogenated alkanes) is 2. The van der Waals surface area contributed by atoms with Crippen LogP contribution in [0.25, 0.3) is 0 Å². The van der Waals surface area contributed by atoms with Crippen LogP contribution in [0.4, 0.5) is 0 Å². The number of nitrogens with one attached hydrogen (secondary N) is 1. The minimum absolute atomic E-state index is 0.0654. The van der Waals surface area contributed by atoms with Gasteiger partial charge in [0.2, 0.25) is 0 Å². The van der Waals surface area contributed by atoms with Gasteiger partial charge in [0.25, 0.3) is 5.91 Å². The lowest BCUT2D eigenvalue weighted by Crippen LogP contribution is -2.23. The van der Waals surface area contributed by atoms with E-state index in [-0.39, 0.29) is 11.9 Å². The van der Waals surface area contributed by atoms with Gasteiger partial charge in [-0.05, 0) is 50.8 Å². The van der Waals surface area contributed by atoms with E-state index >= 15 is 0 Å². The Morgan fingerprint density at radius 3 is 2.63 bits per heavy atom. The lowest BCUT2D eigenvalue weighted by atomic mass is 10.2. The van der Waals surface area contributed by atoms with Crippen LogP contribution in [0.1, 0.15) is 35.4 Å². The van der Waals surface area contributed by atoms with Crippen LogP contribution in [0.2, 0.25) is 0 Å². The van der Waals surface area contributed by atoms with Gasteiger partial charge < -0.3 is 10.1 Å². The third kappa shape index (κ3) is 6.05. The van der Waals surface area contributed by atoms with Crippen molar-refractivity contribution in [2.24, 2.45) is 0 Å². The molecule has 1 rings (SSSR count). The Hall–Kier alpha value is -0.400. The first kappa shape index (κ1) is 16.7. The molecule has 0 spiro atoms. The second kappa shape index (κ2) is 8.71. The molecule has 0 unspecified atom stereocenters. The minimum Gasteiger partial charge on any atom is -0.469 e. The molecule has 0 aliphatic carbocycles. The number of thiophene rings is 1. The molecule has 0 saturated heterocycles. The van der Waals surface area contributed by atoms with Crippen molar-refractivity contribution in [3.05, 3.63) is 19.2 Å². The Bertz CT molecular complexity index is 429. The molecule has 106 valence electrons. The molecule has 0 aromatic carbocycles. The van der Waals surface area contributed by atoms with Gasteiger partial charge in [0.15, 0.2) is 0 Å². The highest BCUT2D eigenvalue weighted by Gasteiger charge is 2.11. The molecule has 0 radical (unpaired) electrons. The number of carbonyl (C=O) groups excluding carboxylic acids is 2. The summed E-state index contributed by atoms with van der Waals surface area (Å²) < 4.78 is 6.35. The van der Waals surface area contributed by atoms with Crippen molar-refractivity contribution in [3.8, 4) is 0 Å². The topological polar surface area (TPSA) is 55.4 Å². The van der Waals surface area contributed by atoms with Gasteiger partial charge in [0, 0.05) is 17.4 Å². The summed E-state index contributed by atoms with van der Waals surface area (Å²) in [6, 6.07) is 1.79. The number of halogens is 2. The van der Waals surface area contributed by atoms with Gasteiger partial charge >= 0.3 is 5.97 Å². The molecule has 1 N–H and O–H groups in total. The van der Waals surface area contributed by atoms with Crippen LogP contribution in [0.5, 0.6) is 0 Å². The zero-order valence-corrected chi connectivity index (χ0v) is 14.5. The molecule has 1 aromatic heterocycles. The van der Waals surface area contributed by atoms with Crippen molar-refractivity contribution >= 4 is 55.1 Å². The van der Waals surface area contributed by atoms with E-state index < -0.39 is 0 Å². The first-order valence-electron chi connectivity index (χ1n) is 5.84. The summed E-state index contributed by atoms with van der Waals surface area (Å²) in [6.45, 7) is 0.618. The van der Waals surface area contributed by atoms with Crippen LogP contribution in [-0.2, 0) is 9.53 Å². The van der Waals surface area contributed by atoms with Crippen molar-refractivity contribution in [3.63, 3.8) is 0 Å². The number of ether oxygens (including phenoxy) is 1. The predicted molar refractivity (Wildman–Crippen MR) is 82.5 cm³/mol. The number of esters is 1. The van der Waals surface area contributed by atoms with Crippen LogP contribution >= 0.6 is 43.2 Å². The van der Waals surface area contributed by atoms with Crippen molar-refractivity contribution < 1.29 is 14.3 Å². The number of hydrogen-bond donors (Lipinski definition) is 1. The number of carbonyl (C=O) groups is 2. The van der Waals surface area contributed by atoms with E-state index in [0.717, 1.165) is 27.5 Å². The number of hydrogen-bond acceptors (Lipinski definition) is 4.